The molecule has 0 aromatic heterocycles. The van der Waals surface area contributed by atoms with E-state index in [0.717, 1.165) is 12.8 Å². The fraction of sp³-hybridized carbons (Fsp3) is 0.900. The van der Waals surface area contributed by atoms with Crippen molar-refractivity contribution in [3.8, 4) is 0 Å². The SMILES string of the molecule is CCCC(C)(COC(=O)OC)OCC. The van der Waals surface area contributed by atoms with Gasteiger partial charge in [0.15, 0.2) is 0 Å². The lowest BCUT2D eigenvalue weighted by Gasteiger charge is -2.28. The van der Waals surface area contributed by atoms with E-state index in [0.29, 0.717) is 6.61 Å². The van der Waals surface area contributed by atoms with Crippen LogP contribution in [0.4, 0.5) is 4.79 Å². The first kappa shape index (κ1) is 13.2. The second-order valence-electron chi connectivity index (χ2n) is 3.38. The van der Waals surface area contributed by atoms with E-state index in [9.17, 15) is 4.79 Å². The third-order valence-electron chi connectivity index (χ3n) is 1.93. The second-order valence-corrected chi connectivity index (χ2v) is 3.38. The molecule has 0 heterocycles. The molecular weight excluding hydrogens is 184 g/mol. The monoisotopic (exact) mass is 204 g/mol. The van der Waals surface area contributed by atoms with Gasteiger partial charge in [0.05, 0.1) is 12.7 Å². The molecule has 0 bridgehead atoms. The van der Waals surface area contributed by atoms with Crippen LogP contribution in [-0.4, -0.2) is 32.1 Å². The lowest BCUT2D eigenvalue weighted by atomic mass is 10.0. The standard InChI is InChI=1S/C10H20O4/c1-5-7-10(3,14-6-2)8-13-9(11)12-4/h5-8H2,1-4H3. The molecule has 1 unspecified atom stereocenters. The normalized spacial score (nSPS) is 14.6. The highest BCUT2D eigenvalue weighted by atomic mass is 16.7. The predicted octanol–water partition coefficient (Wildman–Crippen LogP) is 2.36. The maximum Gasteiger partial charge on any atom is 0.508 e. The number of methoxy groups -OCH3 is 1. The van der Waals surface area contributed by atoms with Crippen molar-refractivity contribution in [2.75, 3.05) is 20.3 Å². The number of carbonyl (C=O) groups excluding carboxylic acids is 1. The molecule has 0 fully saturated rings. The minimum atomic E-state index is -0.660. The first-order valence-corrected chi connectivity index (χ1v) is 4.92. The lowest BCUT2D eigenvalue weighted by molar-refractivity contribution is -0.0783. The molecule has 84 valence electrons. The van der Waals surface area contributed by atoms with Gasteiger partial charge in [-0.05, 0) is 20.3 Å². The molecule has 0 aliphatic heterocycles. The van der Waals surface area contributed by atoms with E-state index < -0.39 is 11.8 Å². The van der Waals surface area contributed by atoms with Crippen molar-refractivity contribution in [2.24, 2.45) is 0 Å². The zero-order valence-electron chi connectivity index (χ0n) is 9.46. The van der Waals surface area contributed by atoms with E-state index in [2.05, 4.69) is 11.7 Å². The molecule has 0 spiro atoms. The van der Waals surface area contributed by atoms with Gasteiger partial charge in [-0.2, -0.15) is 0 Å². The van der Waals surface area contributed by atoms with E-state index >= 15 is 0 Å². The molecule has 0 radical (unpaired) electrons. The molecule has 0 aromatic rings. The smallest absolute Gasteiger partial charge is 0.438 e. The third kappa shape index (κ3) is 5.07. The van der Waals surface area contributed by atoms with Crippen LogP contribution in [-0.2, 0) is 14.2 Å². The Hall–Kier alpha value is -0.770. The van der Waals surface area contributed by atoms with E-state index in [1.807, 2.05) is 13.8 Å². The predicted molar refractivity (Wildman–Crippen MR) is 53.3 cm³/mol. The van der Waals surface area contributed by atoms with Crippen molar-refractivity contribution in [3.63, 3.8) is 0 Å². The number of rotatable bonds is 6. The Morgan fingerprint density at radius 3 is 2.43 bits per heavy atom. The average molecular weight is 204 g/mol. The minimum Gasteiger partial charge on any atom is -0.438 e. The van der Waals surface area contributed by atoms with Gasteiger partial charge in [0.1, 0.15) is 6.61 Å². The molecule has 0 amide bonds. The first-order valence-electron chi connectivity index (χ1n) is 4.92. The van der Waals surface area contributed by atoms with Gasteiger partial charge in [-0.25, -0.2) is 4.79 Å². The third-order valence-corrected chi connectivity index (χ3v) is 1.93. The minimum absolute atomic E-state index is 0.237. The first-order chi connectivity index (χ1) is 6.58. The van der Waals surface area contributed by atoms with E-state index in [-0.39, 0.29) is 6.61 Å². The van der Waals surface area contributed by atoms with Crippen molar-refractivity contribution < 1.29 is 19.0 Å². The Bertz CT molecular complexity index is 162. The van der Waals surface area contributed by atoms with Crippen LogP contribution in [0.25, 0.3) is 0 Å². The van der Waals surface area contributed by atoms with Gasteiger partial charge >= 0.3 is 6.16 Å². The summed E-state index contributed by atoms with van der Waals surface area (Å²) in [6.45, 7) is 6.77. The zero-order chi connectivity index (χ0) is 11.0. The summed E-state index contributed by atoms with van der Waals surface area (Å²) in [6.07, 6.45) is 1.19. The van der Waals surface area contributed by atoms with Crippen molar-refractivity contribution in [2.45, 2.75) is 39.2 Å². The second kappa shape index (κ2) is 6.65. The Morgan fingerprint density at radius 2 is 2.00 bits per heavy atom. The summed E-state index contributed by atoms with van der Waals surface area (Å²) in [6, 6.07) is 0. The molecule has 0 saturated carbocycles. The molecule has 0 saturated heterocycles. The van der Waals surface area contributed by atoms with Crippen LogP contribution in [0.1, 0.15) is 33.6 Å². The Kier molecular flexibility index (Phi) is 6.28. The average Bonchev–Trinajstić information content (AvgIpc) is 2.15. The molecule has 1 atom stereocenters. The van der Waals surface area contributed by atoms with Gasteiger partial charge in [0.25, 0.3) is 0 Å². The number of carbonyl (C=O) groups is 1. The van der Waals surface area contributed by atoms with Crippen LogP contribution in [0.15, 0.2) is 0 Å². The Balaban J connectivity index is 4.01. The largest absolute Gasteiger partial charge is 0.508 e. The van der Waals surface area contributed by atoms with Gasteiger partial charge in [-0.3, -0.25) is 0 Å². The molecule has 4 heteroatoms. The zero-order valence-corrected chi connectivity index (χ0v) is 9.46. The summed E-state index contributed by atoms with van der Waals surface area (Å²) >= 11 is 0. The fourth-order valence-corrected chi connectivity index (χ4v) is 1.33. The Morgan fingerprint density at radius 1 is 1.36 bits per heavy atom. The summed E-state index contributed by atoms with van der Waals surface area (Å²) in [5, 5.41) is 0. The van der Waals surface area contributed by atoms with Crippen molar-refractivity contribution in [3.05, 3.63) is 0 Å². The number of hydrogen-bond donors (Lipinski definition) is 0. The highest BCUT2D eigenvalue weighted by molar-refractivity contribution is 5.59. The molecular formula is C10H20O4. The van der Waals surface area contributed by atoms with Gasteiger partial charge in [-0.1, -0.05) is 13.3 Å². The highest BCUT2D eigenvalue weighted by Crippen LogP contribution is 2.18. The van der Waals surface area contributed by atoms with Gasteiger partial charge in [0, 0.05) is 6.61 Å². The number of hydrogen-bond acceptors (Lipinski definition) is 4. The summed E-state index contributed by atoms with van der Waals surface area (Å²) in [7, 11) is 1.29. The summed E-state index contributed by atoms with van der Waals surface area (Å²) < 4.78 is 14.8. The van der Waals surface area contributed by atoms with E-state index in [4.69, 9.17) is 9.47 Å². The maximum atomic E-state index is 10.8. The van der Waals surface area contributed by atoms with Gasteiger partial charge < -0.3 is 14.2 Å². The molecule has 0 rings (SSSR count). The number of ether oxygens (including phenoxy) is 3. The molecule has 14 heavy (non-hydrogen) atoms. The lowest BCUT2D eigenvalue weighted by Crippen LogP contribution is -2.35. The van der Waals surface area contributed by atoms with Crippen LogP contribution in [0.3, 0.4) is 0 Å². The summed E-state index contributed by atoms with van der Waals surface area (Å²) in [5.74, 6) is 0. The molecule has 0 aromatic carbocycles. The van der Waals surface area contributed by atoms with Crippen molar-refractivity contribution >= 4 is 6.16 Å². The van der Waals surface area contributed by atoms with Crippen LogP contribution in [0.2, 0.25) is 0 Å². The van der Waals surface area contributed by atoms with Gasteiger partial charge in [-0.15, -0.1) is 0 Å². The molecule has 4 nitrogen and oxygen atoms in total. The van der Waals surface area contributed by atoms with E-state index in [1.165, 1.54) is 7.11 Å². The van der Waals surface area contributed by atoms with Crippen LogP contribution < -0.4 is 0 Å². The van der Waals surface area contributed by atoms with Crippen LogP contribution in [0, 0.1) is 0 Å². The quantitative estimate of drug-likeness (QED) is 0.623. The summed E-state index contributed by atoms with van der Waals surface area (Å²) in [4.78, 5) is 10.8. The molecule has 0 aliphatic rings. The van der Waals surface area contributed by atoms with Gasteiger partial charge in [0.2, 0.25) is 0 Å². The van der Waals surface area contributed by atoms with Crippen molar-refractivity contribution in [1.29, 1.82) is 0 Å². The maximum absolute atomic E-state index is 10.8. The fourth-order valence-electron chi connectivity index (χ4n) is 1.33. The van der Waals surface area contributed by atoms with Crippen LogP contribution in [0.5, 0.6) is 0 Å². The topological polar surface area (TPSA) is 44.8 Å². The van der Waals surface area contributed by atoms with E-state index in [1.54, 1.807) is 0 Å². The summed E-state index contributed by atoms with van der Waals surface area (Å²) in [5.41, 5.74) is -0.391. The molecule has 0 aliphatic carbocycles. The Labute approximate surface area is 85.5 Å². The molecule has 0 N–H and O–H groups in total. The van der Waals surface area contributed by atoms with Crippen molar-refractivity contribution in [1.82, 2.24) is 0 Å². The van der Waals surface area contributed by atoms with Crippen LogP contribution >= 0.6 is 0 Å². The highest BCUT2D eigenvalue weighted by Gasteiger charge is 2.25.